The second-order valence-electron chi connectivity index (χ2n) is 14.7. The summed E-state index contributed by atoms with van der Waals surface area (Å²) in [5, 5.41) is 52.7. The molecule has 276 valence electrons. The lowest BCUT2D eigenvalue weighted by Crippen LogP contribution is -2.71. The molecule has 6 rings (SSSR count). The van der Waals surface area contributed by atoms with Crippen molar-refractivity contribution in [1.29, 1.82) is 0 Å². The summed E-state index contributed by atoms with van der Waals surface area (Å²) < 4.78 is 0. The number of likely N-dealkylation sites (N-methyl/N-ethyl adjacent to an activating group) is 2. The third-order valence-corrected chi connectivity index (χ3v) is 10.3. The first-order valence-corrected chi connectivity index (χ1v) is 18.4. The second kappa shape index (κ2) is 20.3. The lowest BCUT2D eigenvalue weighted by molar-refractivity contribution is 0.225. The normalized spacial score (nSPS) is 39.3. The minimum Gasteiger partial charge on any atom is -0.322 e. The molecule has 6 aliphatic heterocycles. The third-order valence-electron chi connectivity index (χ3n) is 10.3. The van der Waals surface area contributed by atoms with Crippen LogP contribution in [-0.2, 0) is 0 Å². The number of nitrogens with two attached hydrogens (primary N) is 2. The summed E-state index contributed by atoms with van der Waals surface area (Å²) >= 11 is 0. The van der Waals surface area contributed by atoms with Gasteiger partial charge in [0.15, 0.2) is 0 Å². The summed E-state index contributed by atoms with van der Waals surface area (Å²) in [4.78, 5) is 0. The van der Waals surface area contributed by atoms with Crippen LogP contribution < -0.4 is 85.9 Å². The Morgan fingerprint density at radius 3 is 1.15 bits per heavy atom. The highest BCUT2D eigenvalue weighted by Crippen LogP contribution is 2.09. The van der Waals surface area contributed by atoms with Crippen LogP contribution >= 0.6 is 0 Å². The van der Waals surface area contributed by atoms with E-state index in [0.29, 0.717) is 13.1 Å². The highest BCUT2D eigenvalue weighted by atomic mass is 15.2. The minimum absolute atomic E-state index is 0.121. The highest BCUT2D eigenvalue weighted by molar-refractivity contribution is 5.02. The van der Waals surface area contributed by atoms with Crippen molar-refractivity contribution in [2.45, 2.75) is 41.2 Å². The van der Waals surface area contributed by atoms with Crippen molar-refractivity contribution in [3.63, 3.8) is 0 Å². The van der Waals surface area contributed by atoms with Crippen molar-refractivity contribution in [1.82, 2.24) is 74.4 Å². The summed E-state index contributed by atoms with van der Waals surface area (Å²) in [6, 6.07) is 0.243. The standard InChI is InChI=1S/C31H72N16/c1-3-47-31-22-41-10-6-37-16-29(33,17-38-7-11-42-23-31)19-44-13-27(46-25-31)26-12-43-18-28(32)14-35-4-8-39-20-30(34-2,24-45-26)21-40-9-5-36-15-28/h26-27,34-47H,3-25,32-33H2,1-2H3. The Labute approximate surface area is 284 Å². The summed E-state index contributed by atoms with van der Waals surface area (Å²) in [6.45, 7) is 21.1. The molecule has 0 aromatic heterocycles. The fourth-order valence-corrected chi connectivity index (χ4v) is 7.26. The van der Waals surface area contributed by atoms with Crippen LogP contribution in [0.1, 0.15) is 6.92 Å². The van der Waals surface area contributed by atoms with E-state index in [4.69, 9.17) is 11.5 Å². The molecule has 0 aromatic rings. The van der Waals surface area contributed by atoms with Crippen molar-refractivity contribution >= 4 is 0 Å². The van der Waals surface area contributed by atoms with Crippen LogP contribution in [0, 0.1) is 0 Å². The molecule has 2 unspecified atom stereocenters. The van der Waals surface area contributed by atoms with Gasteiger partial charge in [-0.05, 0) is 13.6 Å². The van der Waals surface area contributed by atoms with Gasteiger partial charge >= 0.3 is 0 Å². The molecule has 0 radical (unpaired) electrons. The molecule has 0 spiro atoms. The molecule has 6 fully saturated rings. The van der Waals surface area contributed by atoms with Crippen molar-refractivity contribution in [2.24, 2.45) is 11.5 Å². The molecule has 6 heterocycles. The average molecular weight is 669 g/mol. The van der Waals surface area contributed by atoms with Crippen LogP contribution in [0.4, 0.5) is 0 Å². The zero-order valence-corrected chi connectivity index (χ0v) is 29.6. The predicted octanol–water partition coefficient (Wildman–Crippen LogP) is -7.45. The summed E-state index contributed by atoms with van der Waals surface area (Å²) in [5.41, 5.74) is 12.9. The van der Waals surface area contributed by atoms with E-state index in [2.05, 4.69) is 88.4 Å². The first-order valence-electron chi connectivity index (χ1n) is 18.4. The summed E-state index contributed by atoms with van der Waals surface area (Å²) in [5.74, 6) is 0. The molecular weight excluding hydrogens is 596 g/mol. The Kier molecular flexibility index (Phi) is 16.9. The fourth-order valence-electron chi connectivity index (χ4n) is 7.26. The van der Waals surface area contributed by atoms with Gasteiger partial charge in [0.05, 0.1) is 22.2 Å². The Morgan fingerprint density at radius 1 is 0.468 bits per heavy atom. The zero-order valence-electron chi connectivity index (χ0n) is 29.6. The van der Waals surface area contributed by atoms with Gasteiger partial charge in [-0.2, -0.15) is 0 Å². The Bertz CT molecular complexity index is 816. The van der Waals surface area contributed by atoms with Crippen LogP contribution in [-0.4, -0.2) is 192 Å². The molecule has 0 amide bonds. The summed E-state index contributed by atoms with van der Waals surface area (Å²) in [7, 11) is 2.09. The van der Waals surface area contributed by atoms with E-state index in [-0.39, 0.29) is 23.2 Å². The molecule has 18 N–H and O–H groups in total. The maximum absolute atomic E-state index is 7.05. The van der Waals surface area contributed by atoms with Crippen molar-refractivity contribution < 1.29 is 0 Å². The maximum atomic E-state index is 7.05. The van der Waals surface area contributed by atoms with E-state index in [9.17, 15) is 0 Å². The molecule has 16 heteroatoms. The van der Waals surface area contributed by atoms with Gasteiger partial charge < -0.3 is 85.9 Å². The molecular formula is C31H72N16. The van der Waals surface area contributed by atoms with E-state index >= 15 is 0 Å². The van der Waals surface area contributed by atoms with Gasteiger partial charge in [0, 0.05) is 156 Å². The average Bonchev–Trinajstić information content (AvgIpc) is 3.06. The first-order chi connectivity index (χ1) is 22.8. The molecule has 16 nitrogen and oxygen atoms in total. The molecule has 0 aromatic carbocycles. The minimum atomic E-state index is -0.410. The number of nitrogens with one attached hydrogen (secondary N) is 14. The van der Waals surface area contributed by atoms with Gasteiger partial charge in [-0.15, -0.1) is 0 Å². The Hall–Kier alpha value is -0.640. The second-order valence-corrected chi connectivity index (χ2v) is 14.7. The van der Waals surface area contributed by atoms with Crippen molar-refractivity contribution in [3.05, 3.63) is 0 Å². The largest absolute Gasteiger partial charge is 0.322 e. The van der Waals surface area contributed by atoms with Gasteiger partial charge in [0.2, 0.25) is 0 Å². The number of fused-ring (bicyclic) bond motifs is 31. The fraction of sp³-hybridized carbons (Fsp3) is 1.00. The van der Waals surface area contributed by atoms with Crippen LogP contribution in [0.2, 0.25) is 0 Å². The molecule has 6 saturated heterocycles. The van der Waals surface area contributed by atoms with Gasteiger partial charge in [0.1, 0.15) is 0 Å². The van der Waals surface area contributed by atoms with Crippen molar-refractivity contribution in [2.75, 3.05) is 158 Å². The molecule has 0 saturated carbocycles. The smallest absolute Gasteiger partial charge is 0.0558 e. The number of hydrogen-bond donors (Lipinski definition) is 16. The third kappa shape index (κ3) is 13.2. The maximum Gasteiger partial charge on any atom is 0.0558 e. The lowest BCUT2D eigenvalue weighted by Gasteiger charge is -2.42. The zero-order chi connectivity index (χ0) is 33.3. The van der Waals surface area contributed by atoms with E-state index < -0.39 is 11.1 Å². The van der Waals surface area contributed by atoms with Crippen molar-refractivity contribution in [3.8, 4) is 0 Å². The highest BCUT2D eigenvalue weighted by Gasteiger charge is 2.35. The van der Waals surface area contributed by atoms with Crippen LogP contribution in [0.5, 0.6) is 0 Å². The van der Waals surface area contributed by atoms with E-state index in [1.165, 1.54) is 0 Å². The van der Waals surface area contributed by atoms with Gasteiger partial charge in [-0.3, -0.25) is 0 Å². The van der Waals surface area contributed by atoms with Crippen LogP contribution in [0.3, 0.4) is 0 Å². The van der Waals surface area contributed by atoms with E-state index in [1.807, 2.05) is 0 Å². The SMILES string of the molecule is CCNC12CNCCNCC(N)(CNCCNC1)CNCC(C1CNCC3(N)CNCCNCC(NC)(CNCCNC3)CN1)NC2. The monoisotopic (exact) mass is 669 g/mol. The topological polar surface area (TPSA) is 220 Å². The Morgan fingerprint density at radius 2 is 0.787 bits per heavy atom. The quantitative estimate of drug-likeness (QED) is 0.134. The van der Waals surface area contributed by atoms with E-state index in [1.54, 1.807) is 0 Å². The van der Waals surface area contributed by atoms with Crippen LogP contribution in [0.25, 0.3) is 0 Å². The van der Waals surface area contributed by atoms with Crippen LogP contribution in [0.15, 0.2) is 0 Å². The number of rotatable bonds is 4. The Balaban J connectivity index is 1.63. The molecule has 47 heavy (non-hydrogen) atoms. The van der Waals surface area contributed by atoms with Gasteiger partial charge in [-0.1, -0.05) is 6.92 Å². The number of hydrogen-bond acceptors (Lipinski definition) is 16. The molecule has 6 aliphatic rings. The van der Waals surface area contributed by atoms with Gasteiger partial charge in [0.25, 0.3) is 0 Å². The predicted molar refractivity (Wildman–Crippen MR) is 194 cm³/mol. The first kappa shape index (κ1) is 39.2. The molecule has 2 atom stereocenters. The van der Waals surface area contributed by atoms with E-state index in [0.717, 1.165) is 137 Å². The molecule has 0 aliphatic carbocycles. The lowest BCUT2D eigenvalue weighted by atomic mass is 9.94. The summed E-state index contributed by atoms with van der Waals surface area (Å²) in [6.07, 6.45) is 0. The van der Waals surface area contributed by atoms with Gasteiger partial charge in [-0.25, -0.2) is 0 Å². The molecule has 4 bridgehead atoms.